The summed E-state index contributed by atoms with van der Waals surface area (Å²) in [6.07, 6.45) is 0.458. The van der Waals surface area contributed by atoms with Crippen molar-refractivity contribution in [2.75, 3.05) is 26.2 Å². The van der Waals surface area contributed by atoms with Crippen LogP contribution in [0.25, 0.3) is 10.9 Å². The zero-order valence-electron chi connectivity index (χ0n) is 21.8. The summed E-state index contributed by atoms with van der Waals surface area (Å²) in [5, 5.41) is 4.04. The Morgan fingerprint density at radius 3 is 2.35 bits per heavy atom. The number of aromatic nitrogens is 1. The molecule has 0 radical (unpaired) electrons. The fourth-order valence-corrected chi connectivity index (χ4v) is 5.00. The quantitative estimate of drug-likeness (QED) is 0.352. The van der Waals surface area contributed by atoms with Crippen LogP contribution in [-0.4, -0.2) is 47.3 Å². The van der Waals surface area contributed by atoms with E-state index in [2.05, 4.69) is 33.1 Å². The van der Waals surface area contributed by atoms with Crippen LogP contribution in [0.3, 0.4) is 0 Å². The van der Waals surface area contributed by atoms with E-state index in [4.69, 9.17) is 4.74 Å². The number of carbonyl (C=O) groups excluding carboxylic acids is 1. The van der Waals surface area contributed by atoms with Crippen molar-refractivity contribution >= 4 is 17.0 Å². The highest BCUT2D eigenvalue weighted by Gasteiger charge is 2.30. The molecular formula is C29H36F3N3O2. The van der Waals surface area contributed by atoms with E-state index >= 15 is 0 Å². The Morgan fingerprint density at radius 2 is 1.70 bits per heavy atom. The molecule has 8 heteroatoms. The molecule has 0 bridgehead atoms. The molecule has 1 amide bonds. The Bertz CT molecular complexity index is 1190. The molecule has 0 unspecified atom stereocenters. The maximum absolute atomic E-state index is 12.9. The molecule has 200 valence electrons. The second-order valence-electron chi connectivity index (χ2n) is 10.8. The number of piperidine rings is 1. The summed E-state index contributed by atoms with van der Waals surface area (Å²) in [4.78, 5) is 14.2. The molecule has 0 spiro atoms. The van der Waals surface area contributed by atoms with Crippen LogP contribution < -0.4 is 5.32 Å². The number of hydrogen-bond donors (Lipinski definition) is 1. The number of para-hydroxylation sites is 1. The first-order valence-electron chi connectivity index (χ1n) is 12.9. The van der Waals surface area contributed by atoms with Crippen molar-refractivity contribution in [2.45, 2.75) is 64.3 Å². The van der Waals surface area contributed by atoms with Gasteiger partial charge in [-0.15, -0.1) is 0 Å². The van der Waals surface area contributed by atoms with Gasteiger partial charge in [0, 0.05) is 30.2 Å². The molecule has 1 N–H and O–H groups in total. The lowest BCUT2D eigenvalue weighted by Gasteiger charge is -2.32. The van der Waals surface area contributed by atoms with E-state index < -0.39 is 17.3 Å². The Hall–Kier alpha value is -3.00. The van der Waals surface area contributed by atoms with Crippen LogP contribution in [0.5, 0.6) is 0 Å². The highest BCUT2D eigenvalue weighted by molar-refractivity contribution is 5.84. The van der Waals surface area contributed by atoms with Gasteiger partial charge in [-0.3, -0.25) is 0 Å². The number of alkyl halides is 3. The highest BCUT2D eigenvalue weighted by atomic mass is 19.4. The van der Waals surface area contributed by atoms with Gasteiger partial charge in [-0.2, -0.15) is 13.2 Å². The molecule has 5 nitrogen and oxygen atoms in total. The number of ether oxygens (including phenoxy) is 1. The minimum Gasteiger partial charge on any atom is -0.444 e. The Morgan fingerprint density at radius 1 is 1.03 bits per heavy atom. The fraction of sp³-hybridized carbons (Fsp3) is 0.483. The van der Waals surface area contributed by atoms with Crippen molar-refractivity contribution in [1.82, 2.24) is 14.8 Å². The fourth-order valence-electron chi connectivity index (χ4n) is 5.00. The van der Waals surface area contributed by atoms with Gasteiger partial charge < -0.3 is 19.5 Å². The molecule has 0 aliphatic carbocycles. The number of halogens is 3. The molecule has 1 aliphatic rings. The lowest BCUT2D eigenvalue weighted by atomic mass is 9.89. The second kappa shape index (κ2) is 11.2. The molecule has 1 aromatic heterocycles. The van der Waals surface area contributed by atoms with Gasteiger partial charge in [-0.05, 0) is 94.9 Å². The summed E-state index contributed by atoms with van der Waals surface area (Å²) >= 11 is 0. The van der Waals surface area contributed by atoms with Crippen molar-refractivity contribution < 1.29 is 22.7 Å². The first-order chi connectivity index (χ1) is 17.5. The second-order valence-corrected chi connectivity index (χ2v) is 10.8. The van der Waals surface area contributed by atoms with E-state index in [-0.39, 0.29) is 6.09 Å². The number of amides is 1. The molecule has 0 saturated carbocycles. The van der Waals surface area contributed by atoms with Crippen LogP contribution in [0.4, 0.5) is 18.0 Å². The number of rotatable bonds is 7. The van der Waals surface area contributed by atoms with Crippen molar-refractivity contribution in [3.05, 3.63) is 71.4 Å². The van der Waals surface area contributed by atoms with Crippen molar-refractivity contribution in [2.24, 2.45) is 0 Å². The Labute approximate surface area is 216 Å². The van der Waals surface area contributed by atoms with Gasteiger partial charge in [0.2, 0.25) is 0 Å². The van der Waals surface area contributed by atoms with Crippen molar-refractivity contribution in [3.8, 4) is 0 Å². The molecular weight excluding hydrogens is 479 g/mol. The predicted molar refractivity (Wildman–Crippen MR) is 140 cm³/mol. The number of fused-ring (bicyclic) bond motifs is 1. The Balaban J connectivity index is 1.34. The molecule has 1 saturated heterocycles. The van der Waals surface area contributed by atoms with Crippen LogP contribution >= 0.6 is 0 Å². The van der Waals surface area contributed by atoms with E-state index in [0.717, 1.165) is 62.1 Å². The zero-order valence-corrected chi connectivity index (χ0v) is 21.8. The van der Waals surface area contributed by atoms with E-state index in [9.17, 15) is 18.0 Å². The lowest BCUT2D eigenvalue weighted by molar-refractivity contribution is -0.137. The molecule has 1 aliphatic heterocycles. The van der Waals surface area contributed by atoms with Crippen LogP contribution in [0.2, 0.25) is 0 Å². The molecule has 2 aromatic carbocycles. The number of nitrogens with zero attached hydrogens (tertiary/aromatic N) is 2. The zero-order chi connectivity index (χ0) is 26.6. The molecule has 4 rings (SSSR count). The third kappa shape index (κ3) is 7.28. The SMILES string of the molecule is CC(C)(C)OC(=O)NCCCN1CCC(c2cn(Cc3ccc(C(F)(F)F)cc3)c3ccccc23)CC1. The lowest BCUT2D eigenvalue weighted by Crippen LogP contribution is -2.37. The van der Waals surface area contributed by atoms with Gasteiger partial charge in [0.1, 0.15) is 5.60 Å². The van der Waals surface area contributed by atoms with E-state index in [1.54, 1.807) is 12.1 Å². The van der Waals surface area contributed by atoms with Gasteiger partial charge in [0.05, 0.1) is 5.56 Å². The first kappa shape index (κ1) is 27.0. The molecule has 3 aromatic rings. The third-order valence-corrected chi connectivity index (χ3v) is 6.80. The normalized spacial score (nSPS) is 15.7. The van der Waals surface area contributed by atoms with Crippen LogP contribution in [0, 0.1) is 0 Å². The van der Waals surface area contributed by atoms with Gasteiger partial charge in [-0.1, -0.05) is 30.3 Å². The van der Waals surface area contributed by atoms with Gasteiger partial charge in [0.15, 0.2) is 0 Å². The average molecular weight is 516 g/mol. The topological polar surface area (TPSA) is 46.5 Å². The standard InChI is InChI=1S/C29H36F3N3O2/c1-28(2,3)37-27(36)33-15-6-16-34-17-13-22(14-18-34)25-20-35(26-8-5-4-7-24(25)26)19-21-9-11-23(12-10-21)29(30,31)32/h4-5,7-12,20,22H,6,13-19H2,1-3H3,(H,33,36). The number of carbonyl (C=O) groups is 1. The Kier molecular flexibility index (Phi) is 8.17. The summed E-state index contributed by atoms with van der Waals surface area (Å²) in [6, 6.07) is 13.7. The maximum atomic E-state index is 12.9. The third-order valence-electron chi connectivity index (χ3n) is 6.80. The van der Waals surface area contributed by atoms with E-state index in [1.807, 2.05) is 32.9 Å². The average Bonchev–Trinajstić information content (AvgIpc) is 3.19. The highest BCUT2D eigenvalue weighted by Crippen LogP contribution is 2.35. The van der Waals surface area contributed by atoms with Crippen LogP contribution in [0.15, 0.2) is 54.7 Å². The number of nitrogens with one attached hydrogen (secondary N) is 1. The minimum atomic E-state index is -4.32. The van der Waals surface area contributed by atoms with Crippen molar-refractivity contribution in [1.29, 1.82) is 0 Å². The van der Waals surface area contributed by atoms with E-state index in [0.29, 0.717) is 19.0 Å². The van der Waals surface area contributed by atoms with Crippen molar-refractivity contribution in [3.63, 3.8) is 0 Å². The summed E-state index contributed by atoms with van der Waals surface area (Å²) in [7, 11) is 0. The summed E-state index contributed by atoms with van der Waals surface area (Å²) in [5.74, 6) is 0.440. The predicted octanol–water partition coefficient (Wildman–Crippen LogP) is 6.80. The largest absolute Gasteiger partial charge is 0.444 e. The number of likely N-dealkylation sites (tertiary alicyclic amines) is 1. The number of hydrogen-bond acceptors (Lipinski definition) is 3. The molecule has 37 heavy (non-hydrogen) atoms. The van der Waals surface area contributed by atoms with Gasteiger partial charge >= 0.3 is 12.3 Å². The van der Waals surface area contributed by atoms with Crippen LogP contribution in [0.1, 0.15) is 62.6 Å². The summed E-state index contributed by atoms with van der Waals surface area (Å²) < 4.78 is 46.2. The molecule has 2 heterocycles. The minimum absolute atomic E-state index is 0.376. The first-order valence-corrected chi connectivity index (χ1v) is 12.9. The molecule has 0 atom stereocenters. The van der Waals surface area contributed by atoms with Gasteiger partial charge in [0.25, 0.3) is 0 Å². The smallest absolute Gasteiger partial charge is 0.416 e. The van der Waals surface area contributed by atoms with Gasteiger partial charge in [-0.25, -0.2) is 4.79 Å². The van der Waals surface area contributed by atoms with E-state index in [1.165, 1.54) is 10.9 Å². The maximum Gasteiger partial charge on any atom is 0.416 e. The summed E-state index contributed by atoms with van der Waals surface area (Å²) in [5.41, 5.74) is 2.14. The number of alkyl carbamates (subject to hydrolysis) is 1. The molecule has 1 fully saturated rings. The summed E-state index contributed by atoms with van der Waals surface area (Å²) in [6.45, 7) is 9.59. The van der Waals surface area contributed by atoms with Crippen LogP contribution in [-0.2, 0) is 17.5 Å². The monoisotopic (exact) mass is 515 g/mol. The number of benzene rings is 2.